The molecule has 1 atom stereocenters. The van der Waals surface area contributed by atoms with Gasteiger partial charge in [-0.3, -0.25) is 4.79 Å². The molecule has 0 bridgehead atoms. The molecule has 0 radical (unpaired) electrons. The Morgan fingerprint density at radius 3 is 2.77 bits per heavy atom. The average molecular weight is 340 g/mol. The number of anilines is 1. The summed E-state index contributed by atoms with van der Waals surface area (Å²) in [5.74, 6) is -0.111. The van der Waals surface area contributed by atoms with Crippen LogP contribution in [0.5, 0.6) is 0 Å². The van der Waals surface area contributed by atoms with E-state index in [2.05, 4.69) is 15.6 Å². The van der Waals surface area contributed by atoms with E-state index in [4.69, 9.17) is 4.74 Å². The highest BCUT2D eigenvalue weighted by molar-refractivity contribution is 7.13. The first kappa shape index (κ1) is 16.9. The molecule has 1 saturated heterocycles. The molecule has 1 fully saturated rings. The monoisotopic (exact) mass is 339 g/mol. The maximum atomic E-state index is 12.0. The zero-order valence-electron chi connectivity index (χ0n) is 12.2. The van der Waals surface area contributed by atoms with Crippen molar-refractivity contribution in [3.05, 3.63) is 35.3 Å². The van der Waals surface area contributed by atoms with Crippen LogP contribution in [0.1, 0.15) is 5.69 Å². The summed E-state index contributed by atoms with van der Waals surface area (Å²) in [4.78, 5) is 16.5. The van der Waals surface area contributed by atoms with Gasteiger partial charge in [0.05, 0.1) is 6.61 Å². The van der Waals surface area contributed by atoms with Crippen molar-refractivity contribution in [2.45, 2.75) is 13.0 Å². The van der Waals surface area contributed by atoms with E-state index in [9.17, 15) is 4.79 Å². The van der Waals surface area contributed by atoms with Crippen LogP contribution in [0.3, 0.4) is 0 Å². The Morgan fingerprint density at radius 1 is 1.41 bits per heavy atom. The first-order valence-electron chi connectivity index (χ1n) is 6.88. The zero-order chi connectivity index (χ0) is 14.7. The molecule has 7 heteroatoms. The molecule has 1 aromatic heterocycles. The van der Waals surface area contributed by atoms with E-state index < -0.39 is 6.10 Å². The Labute approximate surface area is 139 Å². The number of aryl methyl sites for hydroxylation is 1. The molecule has 1 unspecified atom stereocenters. The van der Waals surface area contributed by atoms with E-state index in [1.807, 2.05) is 36.6 Å². The Kier molecular flexibility index (Phi) is 5.90. The summed E-state index contributed by atoms with van der Waals surface area (Å²) in [7, 11) is 0. The summed E-state index contributed by atoms with van der Waals surface area (Å²) in [6.45, 7) is 3.90. The SMILES string of the molecule is Cc1csc(-c2ccc(NC(=O)C3CNCCO3)cc2)n1.Cl. The van der Waals surface area contributed by atoms with Gasteiger partial charge in [-0.2, -0.15) is 0 Å². The van der Waals surface area contributed by atoms with E-state index >= 15 is 0 Å². The minimum atomic E-state index is -0.417. The van der Waals surface area contributed by atoms with Crippen molar-refractivity contribution in [2.24, 2.45) is 0 Å². The molecule has 1 aliphatic heterocycles. The summed E-state index contributed by atoms with van der Waals surface area (Å²) < 4.78 is 5.42. The molecule has 0 saturated carbocycles. The third-order valence-electron chi connectivity index (χ3n) is 3.24. The van der Waals surface area contributed by atoms with Crippen LogP contribution in [0.2, 0.25) is 0 Å². The predicted molar refractivity (Wildman–Crippen MR) is 90.8 cm³/mol. The van der Waals surface area contributed by atoms with Crippen LogP contribution in [-0.2, 0) is 9.53 Å². The second kappa shape index (κ2) is 7.69. The van der Waals surface area contributed by atoms with Crippen LogP contribution in [-0.4, -0.2) is 36.7 Å². The van der Waals surface area contributed by atoms with Crippen LogP contribution in [0.25, 0.3) is 10.6 Å². The number of aromatic nitrogens is 1. The molecule has 22 heavy (non-hydrogen) atoms. The predicted octanol–water partition coefficient (Wildman–Crippen LogP) is 2.47. The molecule has 2 aromatic rings. The normalized spacial score (nSPS) is 17.6. The number of amides is 1. The average Bonchev–Trinajstić information content (AvgIpc) is 2.95. The van der Waals surface area contributed by atoms with Crippen molar-refractivity contribution in [3.8, 4) is 10.6 Å². The van der Waals surface area contributed by atoms with Crippen molar-refractivity contribution in [3.63, 3.8) is 0 Å². The zero-order valence-corrected chi connectivity index (χ0v) is 13.8. The maximum absolute atomic E-state index is 12.0. The molecule has 1 aliphatic rings. The van der Waals surface area contributed by atoms with E-state index in [0.29, 0.717) is 13.2 Å². The van der Waals surface area contributed by atoms with E-state index in [1.165, 1.54) is 0 Å². The number of halogens is 1. The van der Waals surface area contributed by atoms with Gasteiger partial charge in [-0.15, -0.1) is 23.7 Å². The minimum Gasteiger partial charge on any atom is -0.366 e. The Hall–Kier alpha value is -1.47. The van der Waals surface area contributed by atoms with Crippen LogP contribution >= 0.6 is 23.7 Å². The quantitative estimate of drug-likeness (QED) is 0.901. The third-order valence-corrected chi connectivity index (χ3v) is 4.25. The van der Waals surface area contributed by atoms with Gasteiger partial charge in [-0.25, -0.2) is 4.98 Å². The van der Waals surface area contributed by atoms with Gasteiger partial charge >= 0.3 is 0 Å². The molecular weight excluding hydrogens is 322 g/mol. The minimum absolute atomic E-state index is 0. The van der Waals surface area contributed by atoms with Crippen molar-refractivity contribution >= 4 is 35.3 Å². The fourth-order valence-electron chi connectivity index (χ4n) is 2.14. The van der Waals surface area contributed by atoms with Gasteiger partial charge in [0.25, 0.3) is 5.91 Å². The van der Waals surface area contributed by atoms with E-state index in [0.717, 1.165) is 28.5 Å². The number of hydrogen-bond acceptors (Lipinski definition) is 5. The number of morpholine rings is 1. The second-order valence-electron chi connectivity index (χ2n) is 4.92. The van der Waals surface area contributed by atoms with E-state index in [-0.39, 0.29) is 18.3 Å². The first-order chi connectivity index (χ1) is 10.2. The molecule has 1 amide bonds. The summed E-state index contributed by atoms with van der Waals surface area (Å²) in [5.41, 5.74) is 2.85. The molecule has 5 nitrogen and oxygen atoms in total. The van der Waals surface area contributed by atoms with Gasteiger partial charge in [0.15, 0.2) is 0 Å². The molecular formula is C15H18ClN3O2S. The number of rotatable bonds is 3. The topological polar surface area (TPSA) is 63.2 Å². The van der Waals surface area contributed by atoms with Crippen LogP contribution in [0, 0.1) is 6.92 Å². The van der Waals surface area contributed by atoms with Crippen molar-refractivity contribution in [1.29, 1.82) is 0 Å². The lowest BCUT2D eigenvalue weighted by Gasteiger charge is -2.22. The highest BCUT2D eigenvalue weighted by Crippen LogP contribution is 2.24. The number of carbonyl (C=O) groups excluding carboxylic acids is 1. The number of ether oxygens (including phenoxy) is 1. The number of hydrogen-bond donors (Lipinski definition) is 2. The van der Waals surface area contributed by atoms with Gasteiger partial charge in [0.1, 0.15) is 11.1 Å². The molecule has 118 valence electrons. The Morgan fingerprint density at radius 2 is 2.18 bits per heavy atom. The Balaban J connectivity index is 0.00000176. The molecule has 0 aliphatic carbocycles. The lowest BCUT2D eigenvalue weighted by atomic mass is 10.2. The lowest BCUT2D eigenvalue weighted by Crippen LogP contribution is -2.45. The summed E-state index contributed by atoms with van der Waals surface area (Å²) >= 11 is 1.62. The van der Waals surface area contributed by atoms with Crippen molar-refractivity contribution < 1.29 is 9.53 Å². The number of carbonyl (C=O) groups is 1. The maximum Gasteiger partial charge on any atom is 0.254 e. The van der Waals surface area contributed by atoms with E-state index in [1.54, 1.807) is 11.3 Å². The van der Waals surface area contributed by atoms with Gasteiger partial charge in [-0.05, 0) is 31.2 Å². The first-order valence-corrected chi connectivity index (χ1v) is 7.76. The molecule has 1 aromatic carbocycles. The number of nitrogens with one attached hydrogen (secondary N) is 2. The van der Waals surface area contributed by atoms with Gasteiger partial charge in [0.2, 0.25) is 0 Å². The molecule has 3 rings (SSSR count). The number of thiazole rings is 1. The fourth-order valence-corrected chi connectivity index (χ4v) is 2.94. The fraction of sp³-hybridized carbons (Fsp3) is 0.333. The van der Waals surface area contributed by atoms with Crippen molar-refractivity contribution in [2.75, 3.05) is 25.0 Å². The third kappa shape index (κ3) is 4.04. The van der Waals surface area contributed by atoms with Crippen LogP contribution in [0.4, 0.5) is 5.69 Å². The highest BCUT2D eigenvalue weighted by atomic mass is 35.5. The summed E-state index contributed by atoms with van der Waals surface area (Å²) in [6, 6.07) is 7.71. The number of nitrogens with zero attached hydrogens (tertiary/aromatic N) is 1. The van der Waals surface area contributed by atoms with Crippen molar-refractivity contribution in [1.82, 2.24) is 10.3 Å². The van der Waals surface area contributed by atoms with Gasteiger partial charge in [0, 0.05) is 35.4 Å². The van der Waals surface area contributed by atoms with Gasteiger partial charge < -0.3 is 15.4 Å². The highest BCUT2D eigenvalue weighted by Gasteiger charge is 2.21. The van der Waals surface area contributed by atoms with Crippen LogP contribution < -0.4 is 10.6 Å². The Bertz CT molecular complexity index is 624. The summed E-state index contributed by atoms with van der Waals surface area (Å²) in [6.07, 6.45) is -0.417. The smallest absolute Gasteiger partial charge is 0.254 e. The van der Waals surface area contributed by atoms with Gasteiger partial charge in [-0.1, -0.05) is 0 Å². The van der Waals surface area contributed by atoms with Crippen LogP contribution in [0.15, 0.2) is 29.6 Å². The number of benzene rings is 1. The second-order valence-corrected chi connectivity index (χ2v) is 5.78. The molecule has 0 spiro atoms. The summed E-state index contributed by atoms with van der Waals surface area (Å²) in [5, 5.41) is 9.03. The molecule has 2 N–H and O–H groups in total. The standard InChI is InChI=1S/C15H17N3O2S.ClH/c1-10-9-21-15(17-10)11-2-4-12(5-3-11)18-14(19)13-8-16-6-7-20-13;/h2-5,9,13,16H,6-8H2,1H3,(H,18,19);1H. The largest absolute Gasteiger partial charge is 0.366 e. The molecule has 2 heterocycles. The lowest BCUT2D eigenvalue weighted by molar-refractivity contribution is -0.128.